The molecule has 0 radical (unpaired) electrons. The van der Waals surface area contributed by atoms with Crippen molar-refractivity contribution in [1.82, 2.24) is 14.5 Å². The van der Waals surface area contributed by atoms with Crippen LogP contribution in [0.1, 0.15) is 27.3 Å². The number of nitrogens with two attached hydrogens (primary N) is 1. The number of anilines is 1. The number of carbonyl (C=O) groups excluding carboxylic acids is 2. The van der Waals surface area contributed by atoms with Gasteiger partial charge in [-0.15, -0.1) is 0 Å². The molecule has 5 rings (SSSR count). The van der Waals surface area contributed by atoms with Gasteiger partial charge in [0.2, 0.25) is 10.0 Å². The number of amides is 1. The fourth-order valence-corrected chi connectivity index (χ4v) is 6.02. The first kappa shape index (κ1) is 30.5. The van der Waals surface area contributed by atoms with Gasteiger partial charge in [0.1, 0.15) is 24.6 Å². The van der Waals surface area contributed by atoms with Crippen LogP contribution < -0.4 is 10.5 Å². The summed E-state index contributed by atoms with van der Waals surface area (Å²) in [7, 11) is -0.605. The Bertz CT molecular complexity index is 1920. The van der Waals surface area contributed by atoms with Gasteiger partial charge >= 0.3 is 12.1 Å². The SMILES string of the molecule is CN(C)C(=O)OCCOC(=O)c1cc2ccc(CN)nc2n1Cc1cc(NS(=O)(=O)Cc2ccccc2)cc2ccccc12. The molecule has 0 aliphatic heterocycles. The van der Waals surface area contributed by atoms with Gasteiger partial charge in [-0.3, -0.25) is 4.72 Å². The van der Waals surface area contributed by atoms with Crippen LogP contribution in [0.5, 0.6) is 0 Å². The number of sulfonamides is 1. The van der Waals surface area contributed by atoms with Crippen LogP contribution in [0, 0.1) is 0 Å². The molecule has 0 saturated carbocycles. The molecule has 2 heterocycles. The summed E-state index contributed by atoms with van der Waals surface area (Å²) in [6, 6.07) is 25.4. The molecule has 0 aliphatic carbocycles. The van der Waals surface area contributed by atoms with Gasteiger partial charge in [0.25, 0.3) is 0 Å². The molecule has 2 aromatic heterocycles. The predicted octanol–water partition coefficient (Wildman–Crippen LogP) is 4.49. The summed E-state index contributed by atoms with van der Waals surface area (Å²) in [5, 5.41) is 2.41. The highest BCUT2D eigenvalue weighted by Crippen LogP contribution is 2.29. The normalized spacial score (nSPS) is 11.4. The molecule has 3 N–H and O–H groups in total. The van der Waals surface area contributed by atoms with Gasteiger partial charge in [-0.05, 0) is 52.2 Å². The van der Waals surface area contributed by atoms with Crippen molar-refractivity contribution >= 4 is 49.6 Å². The third-order valence-corrected chi connectivity index (χ3v) is 8.14. The van der Waals surface area contributed by atoms with Crippen molar-refractivity contribution in [3.05, 3.63) is 107 Å². The maximum Gasteiger partial charge on any atom is 0.409 e. The predicted molar refractivity (Wildman–Crippen MR) is 169 cm³/mol. The fourth-order valence-electron chi connectivity index (χ4n) is 4.84. The molecule has 5 aromatic rings. The van der Waals surface area contributed by atoms with Crippen LogP contribution >= 0.6 is 0 Å². The third kappa shape index (κ3) is 7.16. The van der Waals surface area contributed by atoms with E-state index in [2.05, 4.69) is 9.71 Å². The minimum atomic E-state index is -3.72. The zero-order valence-corrected chi connectivity index (χ0v) is 25.2. The van der Waals surface area contributed by atoms with E-state index in [9.17, 15) is 18.0 Å². The number of aromatic nitrogens is 2. The number of nitrogens with one attached hydrogen (secondary N) is 1. The fraction of sp³-hybridized carbons (Fsp3) is 0.219. The second-order valence-electron chi connectivity index (χ2n) is 10.4. The van der Waals surface area contributed by atoms with Crippen molar-refractivity contribution < 1.29 is 27.5 Å². The maximum atomic E-state index is 13.3. The summed E-state index contributed by atoms with van der Waals surface area (Å²) in [6.45, 7) is 0.149. The number of nitrogens with zero attached hydrogens (tertiary/aromatic N) is 3. The first-order valence-corrected chi connectivity index (χ1v) is 15.6. The molecule has 0 fully saturated rings. The zero-order valence-electron chi connectivity index (χ0n) is 24.4. The Morgan fingerprint density at radius 2 is 1.64 bits per heavy atom. The van der Waals surface area contributed by atoms with Gasteiger partial charge in [0.05, 0.1) is 18.0 Å². The number of rotatable bonds is 11. The first-order valence-electron chi connectivity index (χ1n) is 13.9. The molecule has 12 heteroatoms. The molecule has 3 aromatic carbocycles. The lowest BCUT2D eigenvalue weighted by molar-refractivity contribution is 0.0365. The molecule has 11 nitrogen and oxygen atoms in total. The van der Waals surface area contributed by atoms with Crippen molar-refractivity contribution in [3.8, 4) is 0 Å². The lowest BCUT2D eigenvalue weighted by Gasteiger charge is -2.16. The molecule has 0 spiro atoms. The van der Waals surface area contributed by atoms with Crippen molar-refractivity contribution in [2.24, 2.45) is 5.73 Å². The standard InChI is InChI=1S/C32H33N5O6S/c1-36(2)32(39)43-15-14-42-31(38)29-18-24-12-13-26(19-33)34-30(24)37(29)20-25-17-27(16-23-10-6-7-11-28(23)25)35-44(40,41)21-22-8-4-3-5-9-22/h3-13,16-18,35H,14-15,19-21,33H2,1-2H3. The number of hydrogen-bond donors (Lipinski definition) is 2. The summed E-state index contributed by atoms with van der Waals surface area (Å²) in [4.78, 5) is 31.0. The second kappa shape index (κ2) is 13.1. The summed E-state index contributed by atoms with van der Waals surface area (Å²) in [6.07, 6.45) is -0.542. The summed E-state index contributed by atoms with van der Waals surface area (Å²) < 4.78 is 41.2. The van der Waals surface area contributed by atoms with E-state index in [1.807, 2.05) is 36.4 Å². The van der Waals surface area contributed by atoms with Gasteiger partial charge in [-0.2, -0.15) is 0 Å². The number of esters is 1. The highest BCUT2D eigenvalue weighted by molar-refractivity contribution is 7.91. The van der Waals surface area contributed by atoms with E-state index < -0.39 is 22.1 Å². The molecule has 0 saturated heterocycles. The summed E-state index contributed by atoms with van der Waals surface area (Å²) >= 11 is 0. The van der Waals surface area contributed by atoms with Crippen LogP contribution in [0.4, 0.5) is 10.5 Å². The maximum absolute atomic E-state index is 13.3. The molecule has 1 amide bonds. The van der Waals surface area contributed by atoms with E-state index in [1.165, 1.54) is 4.90 Å². The van der Waals surface area contributed by atoms with Crippen molar-refractivity contribution in [2.75, 3.05) is 32.0 Å². The quantitative estimate of drug-likeness (QED) is 0.163. The van der Waals surface area contributed by atoms with Gasteiger partial charge in [-0.25, -0.2) is 23.0 Å². The van der Waals surface area contributed by atoms with E-state index in [1.54, 1.807) is 67.2 Å². The number of benzene rings is 3. The average Bonchev–Trinajstić information content (AvgIpc) is 3.36. The average molecular weight is 616 g/mol. The van der Waals surface area contributed by atoms with E-state index >= 15 is 0 Å². The molecule has 0 aliphatic rings. The van der Waals surface area contributed by atoms with Gasteiger partial charge < -0.3 is 24.7 Å². The monoisotopic (exact) mass is 615 g/mol. The number of fused-ring (bicyclic) bond motifs is 2. The van der Waals surface area contributed by atoms with E-state index in [0.717, 1.165) is 16.3 Å². The highest BCUT2D eigenvalue weighted by atomic mass is 32.2. The molecule has 0 atom stereocenters. The van der Waals surface area contributed by atoms with E-state index in [-0.39, 0.29) is 37.8 Å². The Kier molecular flexibility index (Phi) is 9.12. The van der Waals surface area contributed by atoms with Crippen LogP contribution in [0.15, 0.2) is 84.9 Å². The molecule has 0 bridgehead atoms. The topological polar surface area (TPSA) is 146 Å². The smallest absolute Gasteiger partial charge is 0.409 e. The Hall–Kier alpha value is -4.94. The number of ether oxygens (including phenoxy) is 2. The first-order chi connectivity index (χ1) is 21.1. The minimum Gasteiger partial charge on any atom is -0.457 e. The second-order valence-corrected chi connectivity index (χ2v) is 12.1. The Labute approximate surface area is 255 Å². The van der Waals surface area contributed by atoms with Gasteiger partial charge in [-0.1, -0.05) is 54.6 Å². The Morgan fingerprint density at radius 1 is 0.909 bits per heavy atom. The van der Waals surface area contributed by atoms with Crippen LogP contribution in [0.2, 0.25) is 0 Å². The minimum absolute atomic E-state index is 0.103. The Balaban J connectivity index is 1.49. The lowest BCUT2D eigenvalue weighted by Crippen LogP contribution is -2.25. The highest BCUT2D eigenvalue weighted by Gasteiger charge is 2.21. The number of carbonyl (C=O) groups is 2. The number of hydrogen-bond acceptors (Lipinski definition) is 8. The van der Waals surface area contributed by atoms with Crippen LogP contribution in [-0.4, -0.2) is 62.2 Å². The van der Waals surface area contributed by atoms with Crippen molar-refractivity contribution in [3.63, 3.8) is 0 Å². The molecule has 44 heavy (non-hydrogen) atoms. The summed E-state index contributed by atoms with van der Waals surface area (Å²) in [5.41, 5.74) is 9.09. The van der Waals surface area contributed by atoms with Gasteiger partial charge in [0.15, 0.2) is 0 Å². The van der Waals surface area contributed by atoms with Crippen molar-refractivity contribution in [2.45, 2.75) is 18.8 Å². The Morgan fingerprint density at radius 3 is 2.39 bits per heavy atom. The molecule has 228 valence electrons. The third-order valence-electron chi connectivity index (χ3n) is 6.88. The lowest BCUT2D eigenvalue weighted by atomic mass is 10.0. The van der Waals surface area contributed by atoms with Crippen LogP contribution in [-0.2, 0) is 38.3 Å². The molecule has 0 unspecified atom stereocenters. The molecular formula is C32H33N5O6S. The van der Waals surface area contributed by atoms with Crippen LogP contribution in [0.3, 0.4) is 0 Å². The van der Waals surface area contributed by atoms with Crippen molar-refractivity contribution in [1.29, 1.82) is 0 Å². The zero-order chi connectivity index (χ0) is 31.3. The largest absolute Gasteiger partial charge is 0.457 e. The van der Waals surface area contributed by atoms with Gasteiger partial charge in [0, 0.05) is 31.7 Å². The van der Waals surface area contributed by atoms with E-state index in [4.69, 9.17) is 15.2 Å². The molecular weight excluding hydrogens is 582 g/mol. The van der Waals surface area contributed by atoms with E-state index in [0.29, 0.717) is 28.0 Å². The van der Waals surface area contributed by atoms with Crippen LogP contribution in [0.25, 0.3) is 21.8 Å². The number of pyridine rings is 1. The summed E-state index contributed by atoms with van der Waals surface area (Å²) in [5.74, 6) is -0.800.